The van der Waals surface area contributed by atoms with E-state index in [2.05, 4.69) is 12.1 Å². The van der Waals surface area contributed by atoms with E-state index in [9.17, 15) is 4.79 Å². The molecule has 0 radical (unpaired) electrons. The molecule has 1 heterocycles. The van der Waals surface area contributed by atoms with Gasteiger partial charge in [-0.3, -0.25) is 0 Å². The molecule has 0 aromatic heterocycles. The lowest BCUT2D eigenvalue weighted by Crippen LogP contribution is -2.28. The number of ether oxygens (including phenoxy) is 1. The van der Waals surface area contributed by atoms with E-state index in [1.54, 1.807) is 4.31 Å². The SMILES string of the molecule is CSN1C(=O)OCC1Cc1ccccc1. The van der Waals surface area contributed by atoms with Gasteiger partial charge in [-0.25, -0.2) is 9.10 Å². The highest BCUT2D eigenvalue weighted by Gasteiger charge is 2.32. The molecule has 1 atom stereocenters. The van der Waals surface area contributed by atoms with E-state index in [-0.39, 0.29) is 12.1 Å². The smallest absolute Gasteiger partial charge is 0.420 e. The highest BCUT2D eigenvalue weighted by molar-refractivity contribution is 7.96. The molecule has 1 aliphatic heterocycles. The number of nitrogens with zero attached hydrogens (tertiary/aromatic N) is 1. The summed E-state index contributed by atoms with van der Waals surface area (Å²) >= 11 is 1.43. The molecule has 2 rings (SSSR count). The Morgan fingerprint density at radius 3 is 2.87 bits per heavy atom. The Hall–Kier alpha value is -1.16. The van der Waals surface area contributed by atoms with Crippen molar-refractivity contribution < 1.29 is 9.53 Å². The molecule has 4 heteroatoms. The summed E-state index contributed by atoms with van der Waals surface area (Å²) in [5, 5.41) is 0. The number of benzene rings is 1. The Labute approximate surface area is 93.5 Å². The third kappa shape index (κ3) is 2.26. The first-order valence-electron chi connectivity index (χ1n) is 4.85. The molecule has 0 saturated carbocycles. The molecular weight excluding hydrogens is 210 g/mol. The van der Waals surface area contributed by atoms with Crippen LogP contribution in [0.4, 0.5) is 4.79 Å². The van der Waals surface area contributed by atoms with Crippen molar-refractivity contribution in [2.75, 3.05) is 12.9 Å². The molecule has 1 aliphatic rings. The minimum Gasteiger partial charge on any atom is -0.447 e. The van der Waals surface area contributed by atoms with Crippen LogP contribution >= 0.6 is 11.9 Å². The molecule has 1 fully saturated rings. The van der Waals surface area contributed by atoms with E-state index in [4.69, 9.17) is 4.74 Å². The first-order valence-corrected chi connectivity index (χ1v) is 6.03. The highest BCUT2D eigenvalue weighted by atomic mass is 32.2. The molecule has 1 amide bonds. The van der Waals surface area contributed by atoms with Crippen LogP contribution in [0, 0.1) is 0 Å². The van der Waals surface area contributed by atoms with Crippen LogP contribution in [-0.4, -0.2) is 29.3 Å². The van der Waals surface area contributed by atoms with Crippen molar-refractivity contribution >= 4 is 18.0 Å². The van der Waals surface area contributed by atoms with Gasteiger partial charge in [0.25, 0.3) is 0 Å². The lowest BCUT2D eigenvalue weighted by atomic mass is 10.1. The van der Waals surface area contributed by atoms with Crippen LogP contribution in [-0.2, 0) is 11.2 Å². The maximum atomic E-state index is 11.3. The topological polar surface area (TPSA) is 29.5 Å². The first-order chi connectivity index (χ1) is 7.31. The Morgan fingerprint density at radius 2 is 2.20 bits per heavy atom. The normalized spacial score (nSPS) is 20.5. The van der Waals surface area contributed by atoms with E-state index >= 15 is 0 Å². The van der Waals surface area contributed by atoms with Gasteiger partial charge in [0.05, 0.1) is 6.04 Å². The third-order valence-corrected chi connectivity index (χ3v) is 3.26. The monoisotopic (exact) mass is 223 g/mol. The Morgan fingerprint density at radius 1 is 1.47 bits per heavy atom. The number of amides is 1. The van der Waals surface area contributed by atoms with E-state index < -0.39 is 0 Å². The van der Waals surface area contributed by atoms with Crippen molar-refractivity contribution in [3.63, 3.8) is 0 Å². The van der Waals surface area contributed by atoms with Gasteiger partial charge in [-0.1, -0.05) is 30.3 Å². The van der Waals surface area contributed by atoms with Crippen molar-refractivity contribution in [2.45, 2.75) is 12.5 Å². The number of hydrogen-bond donors (Lipinski definition) is 0. The first kappa shape index (κ1) is 10.4. The maximum Gasteiger partial charge on any atom is 0.420 e. The van der Waals surface area contributed by atoms with Crippen LogP contribution in [0.25, 0.3) is 0 Å². The molecule has 1 aromatic rings. The van der Waals surface area contributed by atoms with Crippen LogP contribution in [0.2, 0.25) is 0 Å². The lowest BCUT2D eigenvalue weighted by molar-refractivity contribution is 0.171. The van der Waals surface area contributed by atoms with E-state index in [0.717, 1.165) is 6.42 Å². The summed E-state index contributed by atoms with van der Waals surface area (Å²) < 4.78 is 6.71. The molecule has 0 aliphatic carbocycles. The molecule has 0 bridgehead atoms. The van der Waals surface area contributed by atoms with Crippen molar-refractivity contribution in [2.24, 2.45) is 0 Å². The van der Waals surface area contributed by atoms with Gasteiger partial charge in [0.1, 0.15) is 6.61 Å². The summed E-state index contributed by atoms with van der Waals surface area (Å²) in [4.78, 5) is 11.3. The van der Waals surface area contributed by atoms with Gasteiger partial charge >= 0.3 is 6.09 Å². The van der Waals surface area contributed by atoms with E-state index in [0.29, 0.717) is 6.61 Å². The number of cyclic esters (lactones) is 1. The summed E-state index contributed by atoms with van der Waals surface area (Å²) in [6.07, 6.45) is 2.53. The van der Waals surface area contributed by atoms with Crippen LogP contribution in [0.3, 0.4) is 0 Å². The van der Waals surface area contributed by atoms with Gasteiger partial charge in [-0.05, 0) is 23.9 Å². The lowest BCUT2D eigenvalue weighted by Gasteiger charge is -2.17. The fourth-order valence-electron chi connectivity index (χ4n) is 1.70. The van der Waals surface area contributed by atoms with E-state index in [1.807, 2.05) is 24.5 Å². The molecule has 0 N–H and O–H groups in total. The minimum absolute atomic E-state index is 0.162. The fourth-order valence-corrected chi connectivity index (χ4v) is 2.33. The molecule has 3 nitrogen and oxygen atoms in total. The van der Waals surface area contributed by atoms with E-state index in [1.165, 1.54) is 17.5 Å². The standard InChI is InChI=1S/C11H13NO2S/c1-15-12-10(8-14-11(12)13)7-9-5-3-2-4-6-9/h2-6,10H,7-8H2,1H3. The van der Waals surface area contributed by atoms with Gasteiger partial charge in [-0.2, -0.15) is 0 Å². The van der Waals surface area contributed by atoms with Crippen LogP contribution in [0.15, 0.2) is 30.3 Å². The third-order valence-electron chi connectivity index (χ3n) is 2.42. The predicted molar refractivity (Wildman–Crippen MR) is 60.6 cm³/mol. The molecule has 1 aromatic carbocycles. The summed E-state index contributed by atoms with van der Waals surface area (Å²) in [6.45, 7) is 0.495. The average molecular weight is 223 g/mol. The van der Waals surface area contributed by atoms with Crippen LogP contribution < -0.4 is 0 Å². The van der Waals surface area contributed by atoms with Crippen LogP contribution in [0.1, 0.15) is 5.56 Å². The maximum absolute atomic E-state index is 11.3. The van der Waals surface area contributed by atoms with Crippen molar-refractivity contribution in [1.29, 1.82) is 0 Å². The zero-order valence-electron chi connectivity index (χ0n) is 8.55. The Kier molecular flexibility index (Phi) is 3.16. The molecule has 1 unspecified atom stereocenters. The Balaban J connectivity index is 2.04. The highest BCUT2D eigenvalue weighted by Crippen LogP contribution is 2.22. The van der Waals surface area contributed by atoms with Crippen molar-refractivity contribution in [1.82, 2.24) is 4.31 Å². The second-order valence-corrected chi connectivity index (χ2v) is 4.19. The number of carbonyl (C=O) groups excluding carboxylic acids is 1. The summed E-state index contributed by atoms with van der Waals surface area (Å²) in [5.74, 6) is 0. The zero-order valence-corrected chi connectivity index (χ0v) is 9.37. The second-order valence-electron chi connectivity index (χ2n) is 3.43. The summed E-state index contributed by atoms with van der Waals surface area (Å²) in [7, 11) is 0. The second kappa shape index (κ2) is 4.57. The van der Waals surface area contributed by atoms with Crippen LogP contribution in [0.5, 0.6) is 0 Å². The minimum atomic E-state index is -0.219. The van der Waals surface area contributed by atoms with Gasteiger partial charge < -0.3 is 4.74 Å². The quantitative estimate of drug-likeness (QED) is 0.736. The van der Waals surface area contributed by atoms with Crippen molar-refractivity contribution in [3.8, 4) is 0 Å². The predicted octanol–water partition coefficient (Wildman–Crippen LogP) is 2.33. The van der Waals surface area contributed by atoms with Crippen molar-refractivity contribution in [3.05, 3.63) is 35.9 Å². The fraction of sp³-hybridized carbons (Fsp3) is 0.364. The van der Waals surface area contributed by atoms with Gasteiger partial charge in [0.2, 0.25) is 0 Å². The number of rotatable bonds is 3. The molecular formula is C11H13NO2S. The molecule has 1 saturated heterocycles. The summed E-state index contributed by atoms with van der Waals surface area (Å²) in [5.41, 5.74) is 1.24. The molecule has 0 spiro atoms. The average Bonchev–Trinajstić information content (AvgIpc) is 2.61. The van der Waals surface area contributed by atoms with Gasteiger partial charge in [0.15, 0.2) is 0 Å². The number of hydrogen-bond acceptors (Lipinski definition) is 3. The zero-order chi connectivity index (χ0) is 10.7. The van der Waals surface area contributed by atoms with Gasteiger partial charge in [0, 0.05) is 6.26 Å². The Bertz CT molecular complexity index is 342. The summed E-state index contributed by atoms with van der Waals surface area (Å²) in [6, 6.07) is 10.3. The molecule has 80 valence electrons. The largest absolute Gasteiger partial charge is 0.447 e. The molecule has 15 heavy (non-hydrogen) atoms. The van der Waals surface area contributed by atoms with Gasteiger partial charge in [-0.15, -0.1) is 0 Å². The number of carbonyl (C=O) groups is 1.